The summed E-state index contributed by atoms with van der Waals surface area (Å²) < 4.78 is 8.92. The van der Waals surface area contributed by atoms with Crippen LogP contribution in [-0.2, 0) is 6.42 Å². The van der Waals surface area contributed by atoms with Gasteiger partial charge in [0.05, 0.1) is 16.7 Å². The predicted molar refractivity (Wildman–Crippen MR) is 231 cm³/mol. The Balaban J connectivity index is 1.02. The van der Waals surface area contributed by atoms with E-state index < -0.39 is 0 Å². The smallest absolute Gasteiger partial charge is 0.164 e. The number of rotatable bonds is 5. The number of aromatic nitrogens is 4. The minimum Gasteiger partial charge on any atom is -0.456 e. The number of hydrogen-bond acceptors (Lipinski definition) is 4. The van der Waals surface area contributed by atoms with E-state index in [2.05, 4.69) is 114 Å². The van der Waals surface area contributed by atoms with Crippen molar-refractivity contribution < 1.29 is 4.42 Å². The molecule has 11 aromatic rings. The highest BCUT2D eigenvalue weighted by molar-refractivity contribution is 6.11. The Morgan fingerprint density at radius 2 is 0.895 bits per heavy atom. The second-order valence-electron chi connectivity index (χ2n) is 14.8. The summed E-state index contributed by atoms with van der Waals surface area (Å²) >= 11 is 0. The van der Waals surface area contributed by atoms with Crippen LogP contribution in [-0.4, -0.2) is 19.5 Å². The van der Waals surface area contributed by atoms with E-state index in [4.69, 9.17) is 19.4 Å². The fourth-order valence-electron chi connectivity index (χ4n) is 8.90. The van der Waals surface area contributed by atoms with Crippen LogP contribution in [0.2, 0.25) is 0 Å². The van der Waals surface area contributed by atoms with Gasteiger partial charge in [0.2, 0.25) is 0 Å². The van der Waals surface area contributed by atoms with Gasteiger partial charge in [0.1, 0.15) is 11.2 Å². The van der Waals surface area contributed by atoms with Crippen molar-refractivity contribution in [1.82, 2.24) is 19.5 Å². The lowest BCUT2D eigenvalue weighted by molar-refractivity contribution is 0.669. The van der Waals surface area contributed by atoms with Crippen molar-refractivity contribution in [2.45, 2.75) is 6.42 Å². The Labute approximate surface area is 328 Å². The molecule has 8 aromatic carbocycles. The summed E-state index contributed by atoms with van der Waals surface area (Å²) in [5, 5.41) is 4.60. The van der Waals surface area contributed by atoms with Crippen molar-refractivity contribution in [2.75, 3.05) is 0 Å². The van der Waals surface area contributed by atoms with E-state index in [1.165, 1.54) is 55.3 Å². The molecule has 0 unspecified atom stereocenters. The average Bonchev–Trinajstić information content (AvgIpc) is 3.96. The Bertz CT molecular complexity index is 3270. The van der Waals surface area contributed by atoms with Crippen LogP contribution in [0.5, 0.6) is 0 Å². The summed E-state index contributed by atoms with van der Waals surface area (Å²) in [5.41, 5.74) is 15.7. The van der Waals surface area contributed by atoms with Gasteiger partial charge in [-0.1, -0.05) is 133 Å². The molecule has 1 aliphatic carbocycles. The first-order valence-corrected chi connectivity index (χ1v) is 19.3. The van der Waals surface area contributed by atoms with E-state index in [-0.39, 0.29) is 0 Å². The van der Waals surface area contributed by atoms with Crippen LogP contribution < -0.4 is 0 Å². The molecular formula is C52H32N4O. The summed E-state index contributed by atoms with van der Waals surface area (Å²) in [6.45, 7) is 0. The van der Waals surface area contributed by atoms with E-state index in [9.17, 15) is 0 Å². The molecule has 266 valence electrons. The Kier molecular flexibility index (Phi) is 6.92. The highest BCUT2D eigenvalue weighted by Gasteiger charge is 2.27. The molecule has 0 radical (unpaired) electrons. The van der Waals surface area contributed by atoms with Crippen LogP contribution in [0.15, 0.2) is 186 Å². The van der Waals surface area contributed by atoms with Crippen LogP contribution in [0.4, 0.5) is 0 Å². The zero-order valence-corrected chi connectivity index (χ0v) is 30.7. The van der Waals surface area contributed by atoms with Gasteiger partial charge >= 0.3 is 0 Å². The Morgan fingerprint density at radius 1 is 0.386 bits per heavy atom. The lowest BCUT2D eigenvalue weighted by Gasteiger charge is -2.16. The maximum atomic E-state index is 6.46. The molecule has 0 fully saturated rings. The lowest BCUT2D eigenvalue weighted by atomic mass is 9.92. The van der Waals surface area contributed by atoms with Gasteiger partial charge in [0.25, 0.3) is 0 Å². The Hall–Kier alpha value is -7.63. The zero-order valence-electron chi connectivity index (χ0n) is 30.7. The number of benzene rings is 8. The summed E-state index contributed by atoms with van der Waals surface area (Å²) in [7, 11) is 0. The quantitative estimate of drug-likeness (QED) is 0.177. The van der Waals surface area contributed by atoms with Crippen molar-refractivity contribution in [1.29, 1.82) is 0 Å². The molecule has 0 atom stereocenters. The highest BCUT2D eigenvalue weighted by Crippen LogP contribution is 2.48. The molecule has 57 heavy (non-hydrogen) atoms. The zero-order chi connectivity index (χ0) is 37.5. The second kappa shape index (κ2) is 12.4. The molecule has 1 aliphatic rings. The third-order valence-corrected chi connectivity index (χ3v) is 11.5. The molecule has 0 aliphatic heterocycles. The summed E-state index contributed by atoms with van der Waals surface area (Å²) in [4.78, 5) is 14.9. The third kappa shape index (κ3) is 4.99. The molecule has 0 spiro atoms. The topological polar surface area (TPSA) is 56.7 Å². The summed E-state index contributed by atoms with van der Waals surface area (Å²) in [5.74, 6) is 1.89. The fraction of sp³-hybridized carbons (Fsp3) is 0.0192. The monoisotopic (exact) mass is 728 g/mol. The van der Waals surface area contributed by atoms with E-state index in [1.54, 1.807) is 0 Å². The van der Waals surface area contributed by atoms with Gasteiger partial charge in [0.15, 0.2) is 17.5 Å². The minimum atomic E-state index is 0.616. The third-order valence-electron chi connectivity index (χ3n) is 11.5. The normalized spacial score (nSPS) is 12.1. The lowest BCUT2D eigenvalue weighted by Crippen LogP contribution is -2.00. The molecular weight excluding hydrogens is 697 g/mol. The van der Waals surface area contributed by atoms with Gasteiger partial charge in [-0.25, -0.2) is 15.0 Å². The first-order chi connectivity index (χ1) is 28.2. The highest BCUT2D eigenvalue weighted by atomic mass is 16.3. The molecule has 3 heterocycles. The van der Waals surface area contributed by atoms with Crippen LogP contribution >= 0.6 is 0 Å². The number of nitrogens with zero attached hydrogens (tertiary/aromatic N) is 4. The van der Waals surface area contributed by atoms with Gasteiger partial charge < -0.3 is 8.98 Å². The fourth-order valence-corrected chi connectivity index (χ4v) is 8.90. The number of fused-ring (bicyclic) bond motifs is 9. The maximum Gasteiger partial charge on any atom is 0.164 e. The van der Waals surface area contributed by atoms with Gasteiger partial charge in [-0.2, -0.15) is 0 Å². The predicted octanol–water partition coefficient (Wildman–Crippen LogP) is 13.1. The van der Waals surface area contributed by atoms with Crippen LogP contribution in [0.1, 0.15) is 11.1 Å². The molecule has 0 saturated heterocycles. The van der Waals surface area contributed by atoms with Crippen molar-refractivity contribution >= 4 is 43.7 Å². The van der Waals surface area contributed by atoms with Crippen LogP contribution in [0, 0.1) is 0 Å². The number of furan rings is 1. The average molecular weight is 729 g/mol. The molecule has 5 nitrogen and oxygen atoms in total. The largest absolute Gasteiger partial charge is 0.456 e. The maximum absolute atomic E-state index is 6.46. The van der Waals surface area contributed by atoms with Crippen LogP contribution in [0.25, 0.3) is 106 Å². The first kappa shape index (κ1) is 31.7. The van der Waals surface area contributed by atoms with Crippen molar-refractivity contribution in [2.24, 2.45) is 0 Å². The van der Waals surface area contributed by atoms with E-state index in [0.29, 0.717) is 17.5 Å². The Morgan fingerprint density at radius 3 is 1.53 bits per heavy atom. The molecule has 3 aromatic heterocycles. The SMILES string of the molecule is c1ccc(-c2nc(-c3ccccc3)nc(-c3ccc4oc5ccc(-c6cccc7c6-c6c(cccc6-n6c8ccccc8c8ccccc86)C7)cc5c4c3)n2)cc1. The van der Waals surface area contributed by atoms with Gasteiger partial charge in [0, 0.05) is 43.8 Å². The van der Waals surface area contributed by atoms with E-state index in [1.807, 2.05) is 72.8 Å². The van der Waals surface area contributed by atoms with Crippen molar-refractivity contribution in [3.05, 3.63) is 193 Å². The number of para-hydroxylation sites is 2. The van der Waals surface area contributed by atoms with E-state index in [0.717, 1.165) is 50.6 Å². The molecule has 12 rings (SSSR count). The second-order valence-corrected chi connectivity index (χ2v) is 14.8. The summed E-state index contributed by atoms with van der Waals surface area (Å²) in [6.07, 6.45) is 0.894. The molecule has 0 saturated carbocycles. The van der Waals surface area contributed by atoms with Gasteiger partial charge in [-0.05, 0) is 82.8 Å². The molecule has 5 heteroatoms. The molecule has 0 amide bonds. The standard InChI is InChI=1S/C52H32N4O/c1-3-13-32(14-4-1)50-53-51(33-15-5-2-6-16-33)55-52(54-50)37-26-28-47-42(31-37)41-30-34(25-27-46(41)57-47)38-21-11-17-35-29-36-18-12-24-45(49(36)48(35)38)56-43-22-9-7-19-39(43)40-20-8-10-23-44(40)56/h1-28,30-31H,29H2. The van der Waals surface area contributed by atoms with Crippen molar-refractivity contribution in [3.63, 3.8) is 0 Å². The molecule has 0 bridgehead atoms. The van der Waals surface area contributed by atoms with Gasteiger partial charge in [-0.3, -0.25) is 0 Å². The first-order valence-electron chi connectivity index (χ1n) is 19.3. The minimum absolute atomic E-state index is 0.616. The number of hydrogen-bond donors (Lipinski definition) is 0. The van der Waals surface area contributed by atoms with E-state index >= 15 is 0 Å². The van der Waals surface area contributed by atoms with Gasteiger partial charge in [-0.15, -0.1) is 0 Å². The molecule has 0 N–H and O–H groups in total. The van der Waals surface area contributed by atoms with Crippen LogP contribution in [0.3, 0.4) is 0 Å². The van der Waals surface area contributed by atoms with Crippen molar-refractivity contribution in [3.8, 4) is 62.1 Å². The summed E-state index contributed by atoms with van der Waals surface area (Å²) in [6, 6.07) is 64.1.